The number of carboxylic acids is 1. The van der Waals surface area contributed by atoms with Crippen LogP contribution in [-0.2, 0) is 13.0 Å². The van der Waals surface area contributed by atoms with Crippen LogP contribution < -0.4 is 15.8 Å². The monoisotopic (exact) mass is 600 g/mol. The van der Waals surface area contributed by atoms with Crippen LogP contribution in [0, 0.1) is 17.6 Å². The molecule has 7 rings (SSSR count). The highest BCUT2D eigenvalue weighted by molar-refractivity contribution is 5.97. The van der Waals surface area contributed by atoms with Crippen molar-refractivity contribution in [1.29, 1.82) is 0 Å². The van der Waals surface area contributed by atoms with Gasteiger partial charge < -0.3 is 25.1 Å². The average Bonchev–Trinajstić information content (AvgIpc) is 3.67. The number of hydrogen-bond donors (Lipinski definition) is 2. The van der Waals surface area contributed by atoms with Crippen molar-refractivity contribution in [3.8, 4) is 22.3 Å². The molecule has 3 aromatic heterocycles. The Labute approximate surface area is 253 Å². The highest BCUT2D eigenvalue weighted by Gasteiger charge is 2.43. The van der Waals surface area contributed by atoms with Crippen molar-refractivity contribution < 1.29 is 18.7 Å². The molecule has 2 aliphatic heterocycles. The summed E-state index contributed by atoms with van der Waals surface area (Å²) in [4.78, 5) is 36.8. The second kappa shape index (κ2) is 10.4. The maximum Gasteiger partial charge on any atom is 0.341 e. The number of pyridine rings is 3. The van der Waals surface area contributed by atoms with E-state index in [4.69, 9.17) is 4.98 Å². The fourth-order valence-electron chi connectivity index (χ4n) is 7.54. The van der Waals surface area contributed by atoms with Crippen LogP contribution in [0.2, 0.25) is 0 Å². The summed E-state index contributed by atoms with van der Waals surface area (Å²) in [6.07, 6.45) is 4.74. The highest BCUT2D eigenvalue weighted by Crippen LogP contribution is 2.52. The van der Waals surface area contributed by atoms with E-state index in [1.165, 1.54) is 16.5 Å². The van der Waals surface area contributed by atoms with E-state index < -0.39 is 23.2 Å². The smallest absolute Gasteiger partial charge is 0.341 e. The minimum Gasteiger partial charge on any atom is -0.477 e. The molecule has 0 amide bonds. The maximum atomic E-state index is 15.8. The second-order valence-corrected chi connectivity index (χ2v) is 12.5. The fourth-order valence-corrected chi connectivity index (χ4v) is 7.54. The predicted molar refractivity (Wildman–Crippen MR) is 166 cm³/mol. The molecule has 3 aliphatic rings. The van der Waals surface area contributed by atoms with Crippen molar-refractivity contribution in [2.45, 2.75) is 25.4 Å². The first-order valence-electron chi connectivity index (χ1n) is 14.8. The lowest BCUT2D eigenvalue weighted by Gasteiger charge is -2.31. The molecule has 11 heteroatoms. The maximum absolute atomic E-state index is 15.8. The Morgan fingerprint density at radius 1 is 1.18 bits per heavy atom. The van der Waals surface area contributed by atoms with E-state index >= 15 is 8.78 Å². The third kappa shape index (κ3) is 4.28. The number of hydrogen-bond acceptors (Lipinski definition) is 7. The summed E-state index contributed by atoms with van der Waals surface area (Å²) in [5, 5.41) is 12.9. The summed E-state index contributed by atoms with van der Waals surface area (Å²) in [6.45, 7) is 3.00. The van der Waals surface area contributed by atoms with Gasteiger partial charge in [0, 0.05) is 92.1 Å². The topological polar surface area (TPSA) is 93.4 Å². The first-order valence-corrected chi connectivity index (χ1v) is 14.8. The van der Waals surface area contributed by atoms with E-state index in [9.17, 15) is 14.7 Å². The number of carbonyl (C=O) groups is 1. The number of anilines is 2. The first kappa shape index (κ1) is 28.4. The molecule has 0 saturated carbocycles. The summed E-state index contributed by atoms with van der Waals surface area (Å²) < 4.78 is 32.2. The molecule has 2 fully saturated rings. The number of fused-ring (bicyclic) bond motifs is 5. The van der Waals surface area contributed by atoms with Gasteiger partial charge in [-0.25, -0.2) is 13.6 Å². The Balaban J connectivity index is 1.51. The van der Waals surface area contributed by atoms with Crippen molar-refractivity contribution in [2.24, 2.45) is 5.92 Å². The van der Waals surface area contributed by atoms with Crippen LogP contribution in [0.4, 0.5) is 20.2 Å². The molecule has 2 atom stereocenters. The molecule has 9 nitrogen and oxygen atoms in total. The van der Waals surface area contributed by atoms with E-state index in [2.05, 4.69) is 22.2 Å². The Bertz CT molecular complexity index is 1920. The van der Waals surface area contributed by atoms with Gasteiger partial charge in [-0.3, -0.25) is 14.2 Å². The number of likely N-dealkylation sites (N-methyl/N-ethyl adjacent to an activating group) is 1. The zero-order valence-corrected chi connectivity index (χ0v) is 25.1. The summed E-state index contributed by atoms with van der Waals surface area (Å²) >= 11 is 0. The number of nitrogens with one attached hydrogen (secondary N) is 1. The molecule has 0 spiro atoms. The normalized spacial score (nSPS) is 19.1. The number of halogens is 2. The molecule has 0 radical (unpaired) electrons. The number of aromatic nitrogens is 2. The number of benzene rings is 1. The molecular weight excluding hydrogens is 566 g/mol. The molecular formula is C33H34F2N6O3. The third-order valence-corrected chi connectivity index (χ3v) is 9.41. The Morgan fingerprint density at radius 2 is 1.98 bits per heavy atom. The van der Waals surface area contributed by atoms with E-state index in [1.807, 2.05) is 31.1 Å². The number of aromatic carboxylic acids is 1. The SMILES string of the molecule is CNc1cc(F)c(F)c2c1Cc1ncc(-c3ccc4c(CN(C)C)cc(C(=O)O)c(=O)n4c3)c(N3CC[C@H]4CN(C)CC43)c1-2. The van der Waals surface area contributed by atoms with Gasteiger partial charge in [0.15, 0.2) is 11.6 Å². The van der Waals surface area contributed by atoms with Gasteiger partial charge in [0.2, 0.25) is 0 Å². The Kier molecular flexibility index (Phi) is 6.71. The number of nitrogens with zero attached hydrogens (tertiary/aromatic N) is 5. The van der Waals surface area contributed by atoms with Crippen molar-refractivity contribution in [3.63, 3.8) is 0 Å². The van der Waals surface area contributed by atoms with Gasteiger partial charge in [-0.2, -0.15) is 0 Å². The van der Waals surface area contributed by atoms with Crippen molar-refractivity contribution in [3.05, 3.63) is 81.0 Å². The van der Waals surface area contributed by atoms with E-state index in [1.54, 1.807) is 19.4 Å². The molecule has 1 aliphatic carbocycles. The summed E-state index contributed by atoms with van der Waals surface area (Å²) in [7, 11) is 7.54. The molecule has 1 unspecified atom stereocenters. The lowest BCUT2D eigenvalue weighted by molar-refractivity contribution is 0.0694. The molecule has 5 heterocycles. The van der Waals surface area contributed by atoms with Gasteiger partial charge in [-0.1, -0.05) is 6.07 Å². The first-order chi connectivity index (χ1) is 21.1. The minimum atomic E-state index is -1.29. The van der Waals surface area contributed by atoms with Gasteiger partial charge in [-0.05, 0) is 56.7 Å². The molecule has 4 aromatic rings. The zero-order valence-electron chi connectivity index (χ0n) is 25.1. The van der Waals surface area contributed by atoms with Crippen LogP contribution >= 0.6 is 0 Å². The summed E-state index contributed by atoms with van der Waals surface area (Å²) in [6, 6.07) is 6.53. The standard InChI is InChI=1S/C33H34F2N6O3/c1-36-24-11-23(34)30(35)28-20(24)10-25-29(28)31(40-8-7-18-14-39(4)16-27(18)40)22(12-37-25)17-5-6-26-19(13-38(2)3)9-21(33(43)44)32(42)41(26)15-17/h5-6,9,11-12,15,18,27,36H,7-8,10,13-14,16H2,1-4H3,(H,43,44)/t18-,27?/m0/s1. The van der Waals surface area contributed by atoms with Crippen molar-refractivity contribution >= 4 is 22.9 Å². The van der Waals surface area contributed by atoms with E-state index in [-0.39, 0.29) is 17.2 Å². The van der Waals surface area contributed by atoms with Crippen LogP contribution in [0.15, 0.2) is 41.5 Å². The molecule has 2 N–H and O–H groups in total. The number of carboxylic acid groups (broad SMARTS) is 1. The van der Waals surface area contributed by atoms with Crippen LogP contribution in [0.25, 0.3) is 27.8 Å². The van der Waals surface area contributed by atoms with Crippen LogP contribution in [0.3, 0.4) is 0 Å². The lowest BCUT2D eigenvalue weighted by atomic mass is 9.96. The van der Waals surface area contributed by atoms with Crippen LogP contribution in [0.5, 0.6) is 0 Å². The van der Waals surface area contributed by atoms with Gasteiger partial charge in [-0.15, -0.1) is 0 Å². The van der Waals surface area contributed by atoms with Gasteiger partial charge in [0.05, 0.1) is 16.9 Å². The minimum absolute atomic E-state index is 0.183. The average molecular weight is 601 g/mol. The Hall–Kier alpha value is -4.35. The van der Waals surface area contributed by atoms with Crippen molar-refractivity contribution in [1.82, 2.24) is 19.2 Å². The third-order valence-electron chi connectivity index (χ3n) is 9.41. The van der Waals surface area contributed by atoms with E-state index in [0.29, 0.717) is 63.6 Å². The van der Waals surface area contributed by atoms with Crippen LogP contribution in [-0.4, -0.2) is 84.1 Å². The largest absolute Gasteiger partial charge is 0.477 e. The number of likely N-dealkylation sites (tertiary alicyclic amines) is 1. The summed E-state index contributed by atoms with van der Waals surface area (Å²) in [5.41, 5.74) is 5.13. The van der Waals surface area contributed by atoms with E-state index in [0.717, 1.165) is 31.7 Å². The predicted octanol–water partition coefficient (Wildman–Crippen LogP) is 4.15. The number of rotatable bonds is 6. The molecule has 2 saturated heterocycles. The quantitative estimate of drug-likeness (QED) is 0.300. The molecule has 0 bridgehead atoms. The van der Waals surface area contributed by atoms with Gasteiger partial charge >= 0.3 is 5.97 Å². The lowest BCUT2D eigenvalue weighted by Crippen LogP contribution is -2.35. The van der Waals surface area contributed by atoms with Crippen molar-refractivity contribution in [2.75, 3.05) is 58.0 Å². The van der Waals surface area contributed by atoms with Gasteiger partial charge in [0.1, 0.15) is 5.56 Å². The highest BCUT2D eigenvalue weighted by atomic mass is 19.2. The summed E-state index contributed by atoms with van der Waals surface area (Å²) in [5.74, 6) is -2.68. The van der Waals surface area contributed by atoms with Crippen LogP contribution in [0.1, 0.15) is 33.6 Å². The fraction of sp³-hybridized carbons (Fsp3) is 0.364. The molecule has 228 valence electrons. The second-order valence-electron chi connectivity index (χ2n) is 12.5. The Morgan fingerprint density at radius 3 is 2.70 bits per heavy atom. The molecule has 1 aromatic carbocycles. The zero-order chi connectivity index (χ0) is 31.0. The van der Waals surface area contributed by atoms with Gasteiger partial charge in [0.25, 0.3) is 5.56 Å². The molecule has 44 heavy (non-hydrogen) atoms.